The molecule has 0 aliphatic carbocycles. The molecule has 14 aromatic rings. The van der Waals surface area contributed by atoms with Crippen LogP contribution < -0.4 is 0 Å². The molecule has 0 aliphatic rings. The SMILES string of the molecule is c1ccc(-c2ccc(-c3nc(-c4cccc(-c5ccccc5)c4)nc(-n4c5ccccc5c5c6c7ccccc7n(-c7ccccc7)c6cc(-n6c7ccccc7c7ccccc76)c54)n3)cc2)cc1. The first-order chi connectivity index (χ1) is 34.2. The smallest absolute Gasteiger partial charge is 0.238 e. The predicted molar refractivity (Wildman–Crippen MR) is 285 cm³/mol. The summed E-state index contributed by atoms with van der Waals surface area (Å²) in [4.78, 5) is 16.4. The molecule has 0 bridgehead atoms. The summed E-state index contributed by atoms with van der Waals surface area (Å²) in [6.45, 7) is 0. The van der Waals surface area contributed by atoms with Gasteiger partial charge < -0.3 is 9.13 Å². The Morgan fingerprint density at radius 3 is 1.32 bits per heavy atom. The Labute approximate surface area is 397 Å². The van der Waals surface area contributed by atoms with Crippen molar-refractivity contribution < 1.29 is 0 Å². The van der Waals surface area contributed by atoms with Gasteiger partial charge in [-0.05, 0) is 70.8 Å². The molecular weight excluding hydrogens is 841 g/mol. The summed E-state index contributed by atoms with van der Waals surface area (Å²) in [5, 5.41) is 6.96. The molecule has 14 rings (SSSR count). The number of rotatable bonds is 7. The number of hydrogen-bond donors (Lipinski definition) is 0. The largest absolute Gasteiger partial charge is 0.309 e. The van der Waals surface area contributed by atoms with E-state index in [0.717, 1.165) is 88.6 Å². The second-order valence-electron chi connectivity index (χ2n) is 17.6. The Kier molecular flexibility index (Phi) is 8.79. The topological polar surface area (TPSA) is 53.5 Å². The van der Waals surface area contributed by atoms with E-state index in [9.17, 15) is 0 Å². The summed E-state index contributed by atoms with van der Waals surface area (Å²) < 4.78 is 7.17. The maximum atomic E-state index is 5.54. The van der Waals surface area contributed by atoms with E-state index in [1.165, 1.54) is 21.5 Å². The standard InChI is InChI=1S/C63H40N6/c1-4-19-41(20-5-1)43-35-37-44(38-36-43)61-64-62(46-24-18-23-45(39-46)42-21-6-2-7-22-42)66-63(65-61)69-55-34-17-13-30-51(55)59-58-50-29-12-16-33-54(50)67(47-25-8-3-9-26-47)56(58)40-57(60(59)69)68-52-31-14-10-27-48(52)49-28-11-15-32-53(49)68/h1-40H. The molecule has 10 aromatic carbocycles. The van der Waals surface area contributed by atoms with Crippen molar-refractivity contribution in [2.45, 2.75) is 0 Å². The Bertz CT molecular complexity index is 4230. The number of hydrogen-bond acceptors (Lipinski definition) is 3. The van der Waals surface area contributed by atoms with Crippen molar-refractivity contribution in [1.82, 2.24) is 28.7 Å². The van der Waals surface area contributed by atoms with Gasteiger partial charge in [0.1, 0.15) is 0 Å². The third-order valence-corrected chi connectivity index (χ3v) is 13.7. The summed E-state index contributed by atoms with van der Waals surface area (Å²) in [7, 11) is 0. The van der Waals surface area contributed by atoms with Gasteiger partial charge >= 0.3 is 0 Å². The number of fused-ring (bicyclic) bond motifs is 10. The van der Waals surface area contributed by atoms with Crippen LogP contribution in [0.4, 0.5) is 0 Å². The van der Waals surface area contributed by atoms with E-state index in [0.29, 0.717) is 17.6 Å². The first kappa shape index (κ1) is 38.8. The van der Waals surface area contributed by atoms with Crippen LogP contribution in [0.5, 0.6) is 0 Å². The number of aromatic nitrogens is 6. The Morgan fingerprint density at radius 2 is 0.696 bits per heavy atom. The Hall–Kier alpha value is -9.39. The third-order valence-electron chi connectivity index (χ3n) is 13.7. The summed E-state index contributed by atoms with van der Waals surface area (Å²) in [5.41, 5.74) is 14.9. The first-order valence-corrected chi connectivity index (χ1v) is 23.4. The zero-order valence-electron chi connectivity index (χ0n) is 37.3. The van der Waals surface area contributed by atoms with Crippen LogP contribution in [0.15, 0.2) is 243 Å². The maximum Gasteiger partial charge on any atom is 0.238 e. The monoisotopic (exact) mass is 880 g/mol. The molecule has 0 N–H and O–H groups in total. The van der Waals surface area contributed by atoms with Gasteiger partial charge in [-0.25, -0.2) is 4.98 Å². The average Bonchev–Trinajstić information content (AvgIpc) is 4.07. The summed E-state index contributed by atoms with van der Waals surface area (Å²) >= 11 is 0. The molecule has 6 heteroatoms. The molecule has 0 saturated heterocycles. The van der Waals surface area contributed by atoms with Crippen molar-refractivity contribution in [2.24, 2.45) is 0 Å². The minimum atomic E-state index is 0.534. The van der Waals surface area contributed by atoms with Crippen molar-refractivity contribution in [1.29, 1.82) is 0 Å². The van der Waals surface area contributed by atoms with Gasteiger partial charge in [-0.2, -0.15) is 9.97 Å². The lowest BCUT2D eigenvalue weighted by molar-refractivity contribution is 0.950. The first-order valence-electron chi connectivity index (χ1n) is 23.4. The zero-order valence-corrected chi connectivity index (χ0v) is 37.3. The molecule has 322 valence electrons. The fraction of sp³-hybridized carbons (Fsp3) is 0. The van der Waals surface area contributed by atoms with E-state index in [4.69, 9.17) is 15.0 Å². The highest BCUT2D eigenvalue weighted by Crippen LogP contribution is 2.46. The van der Waals surface area contributed by atoms with Gasteiger partial charge in [-0.1, -0.05) is 194 Å². The molecule has 4 aromatic heterocycles. The van der Waals surface area contributed by atoms with Crippen LogP contribution in [0.2, 0.25) is 0 Å². The molecule has 69 heavy (non-hydrogen) atoms. The highest BCUT2D eigenvalue weighted by Gasteiger charge is 2.27. The maximum absolute atomic E-state index is 5.54. The highest BCUT2D eigenvalue weighted by molar-refractivity contribution is 6.31. The van der Waals surface area contributed by atoms with Crippen LogP contribution in [0.25, 0.3) is 128 Å². The second-order valence-corrected chi connectivity index (χ2v) is 17.6. The van der Waals surface area contributed by atoms with Crippen LogP contribution in [0.1, 0.15) is 0 Å². The summed E-state index contributed by atoms with van der Waals surface area (Å²) in [6, 6.07) is 86.2. The van der Waals surface area contributed by atoms with Crippen molar-refractivity contribution in [3.63, 3.8) is 0 Å². The van der Waals surface area contributed by atoms with Crippen LogP contribution in [0.3, 0.4) is 0 Å². The lowest BCUT2D eigenvalue weighted by atomic mass is 10.0. The third kappa shape index (κ3) is 6.16. The highest BCUT2D eigenvalue weighted by atomic mass is 15.2. The van der Waals surface area contributed by atoms with Crippen molar-refractivity contribution in [2.75, 3.05) is 0 Å². The molecule has 0 unspecified atom stereocenters. The van der Waals surface area contributed by atoms with Gasteiger partial charge in [0.25, 0.3) is 0 Å². The van der Waals surface area contributed by atoms with E-state index in [1.54, 1.807) is 0 Å². The van der Waals surface area contributed by atoms with E-state index in [1.807, 2.05) is 12.1 Å². The van der Waals surface area contributed by atoms with Crippen LogP contribution in [-0.4, -0.2) is 28.7 Å². The normalized spacial score (nSPS) is 11.8. The van der Waals surface area contributed by atoms with Crippen molar-refractivity contribution in [3.8, 4) is 62.4 Å². The van der Waals surface area contributed by atoms with Gasteiger partial charge in [0.2, 0.25) is 5.95 Å². The summed E-state index contributed by atoms with van der Waals surface area (Å²) in [6.07, 6.45) is 0. The molecular formula is C63H40N6. The van der Waals surface area contributed by atoms with Crippen molar-refractivity contribution >= 4 is 65.4 Å². The lowest BCUT2D eigenvalue weighted by Gasteiger charge is -2.16. The van der Waals surface area contributed by atoms with Crippen LogP contribution in [0, 0.1) is 0 Å². The molecule has 0 fully saturated rings. The molecule has 0 saturated carbocycles. The zero-order chi connectivity index (χ0) is 45.4. The van der Waals surface area contributed by atoms with Gasteiger partial charge in [0.15, 0.2) is 11.6 Å². The minimum Gasteiger partial charge on any atom is -0.309 e. The Morgan fingerprint density at radius 1 is 0.261 bits per heavy atom. The number of benzene rings is 10. The van der Waals surface area contributed by atoms with E-state index in [-0.39, 0.29) is 0 Å². The van der Waals surface area contributed by atoms with Crippen LogP contribution >= 0.6 is 0 Å². The van der Waals surface area contributed by atoms with E-state index >= 15 is 0 Å². The second kappa shape index (κ2) is 15.6. The molecule has 0 radical (unpaired) electrons. The van der Waals surface area contributed by atoms with Crippen LogP contribution in [-0.2, 0) is 0 Å². The van der Waals surface area contributed by atoms with Gasteiger partial charge in [-0.15, -0.1) is 0 Å². The predicted octanol–water partition coefficient (Wildman–Crippen LogP) is 15.8. The van der Waals surface area contributed by atoms with E-state index in [2.05, 4.69) is 244 Å². The molecule has 4 heterocycles. The van der Waals surface area contributed by atoms with Gasteiger partial charge in [0, 0.05) is 49.1 Å². The fourth-order valence-corrected chi connectivity index (χ4v) is 10.6. The molecule has 0 spiro atoms. The minimum absolute atomic E-state index is 0.534. The molecule has 6 nitrogen and oxygen atoms in total. The molecule has 0 aliphatic heterocycles. The summed E-state index contributed by atoms with van der Waals surface area (Å²) in [5.74, 6) is 1.71. The molecule has 0 amide bonds. The van der Waals surface area contributed by atoms with Crippen molar-refractivity contribution in [3.05, 3.63) is 243 Å². The van der Waals surface area contributed by atoms with E-state index < -0.39 is 0 Å². The lowest BCUT2D eigenvalue weighted by Crippen LogP contribution is -2.08. The average molecular weight is 881 g/mol. The Balaban J connectivity index is 1.14. The van der Waals surface area contributed by atoms with Gasteiger partial charge in [-0.3, -0.25) is 4.57 Å². The number of para-hydroxylation sites is 5. The van der Waals surface area contributed by atoms with Gasteiger partial charge in [0.05, 0.1) is 38.8 Å². The number of nitrogens with zero attached hydrogens (tertiary/aromatic N) is 6. The quantitative estimate of drug-likeness (QED) is 0.160. The molecule has 0 atom stereocenters. The fourth-order valence-electron chi connectivity index (χ4n) is 10.6.